The summed E-state index contributed by atoms with van der Waals surface area (Å²) in [4.78, 5) is 22.0. The molecule has 92 valence electrons. The standard InChI is InChI=1S/C11H13NO5/c1-7(13)10(11(15)16)12-9(14)5-4-8-3-2-6-17-8/h2-7,10,13H,1H3,(H,12,14)(H,15,16)/b5-4+. The third-order valence-electron chi connectivity index (χ3n) is 1.99. The van der Waals surface area contributed by atoms with Crippen LogP contribution in [0.1, 0.15) is 12.7 Å². The third kappa shape index (κ3) is 4.12. The monoisotopic (exact) mass is 239 g/mol. The van der Waals surface area contributed by atoms with E-state index >= 15 is 0 Å². The Morgan fingerprint density at radius 1 is 1.53 bits per heavy atom. The lowest BCUT2D eigenvalue weighted by Crippen LogP contribution is -2.47. The van der Waals surface area contributed by atoms with Gasteiger partial charge in [-0.15, -0.1) is 0 Å². The summed E-state index contributed by atoms with van der Waals surface area (Å²) in [5, 5.41) is 20.0. The molecule has 1 rings (SSSR count). The Morgan fingerprint density at radius 3 is 2.71 bits per heavy atom. The van der Waals surface area contributed by atoms with E-state index in [2.05, 4.69) is 5.32 Å². The highest BCUT2D eigenvalue weighted by Crippen LogP contribution is 2.02. The fraction of sp³-hybridized carbons (Fsp3) is 0.273. The lowest BCUT2D eigenvalue weighted by Gasteiger charge is -2.15. The topological polar surface area (TPSA) is 99.8 Å². The molecule has 1 aromatic heterocycles. The Hall–Kier alpha value is -2.08. The van der Waals surface area contributed by atoms with E-state index in [-0.39, 0.29) is 0 Å². The van der Waals surface area contributed by atoms with Gasteiger partial charge in [-0.1, -0.05) is 0 Å². The number of aliphatic hydroxyl groups is 1. The SMILES string of the molecule is CC(O)C(NC(=O)/C=C/c1ccco1)C(=O)O. The molecule has 0 spiro atoms. The van der Waals surface area contributed by atoms with Gasteiger partial charge in [0.25, 0.3) is 0 Å². The van der Waals surface area contributed by atoms with E-state index < -0.39 is 24.0 Å². The fourth-order valence-electron chi connectivity index (χ4n) is 1.13. The van der Waals surface area contributed by atoms with E-state index in [1.54, 1.807) is 12.1 Å². The Labute approximate surface area is 97.6 Å². The molecule has 2 atom stereocenters. The molecule has 17 heavy (non-hydrogen) atoms. The van der Waals surface area contributed by atoms with Crippen LogP contribution in [0.2, 0.25) is 0 Å². The number of aliphatic carboxylic acids is 1. The van der Waals surface area contributed by atoms with Gasteiger partial charge in [0.2, 0.25) is 5.91 Å². The minimum atomic E-state index is -1.33. The fourth-order valence-corrected chi connectivity index (χ4v) is 1.13. The summed E-state index contributed by atoms with van der Waals surface area (Å²) < 4.78 is 4.95. The van der Waals surface area contributed by atoms with Crippen LogP contribution in [0, 0.1) is 0 Å². The van der Waals surface area contributed by atoms with Crippen molar-refractivity contribution in [3.05, 3.63) is 30.2 Å². The molecule has 1 aromatic rings. The molecule has 1 heterocycles. The Kier molecular flexibility index (Phi) is 4.47. The number of aliphatic hydroxyl groups excluding tert-OH is 1. The number of furan rings is 1. The van der Waals surface area contributed by atoms with Gasteiger partial charge in [-0.25, -0.2) is 4.79 Å². The predicted octanol–water partition coefficient (Wildman–Crippen LogP) is 0.243. The molecular weight excluding hydrogens is 226 g/mol. The molecule has 0 fully saturated rings. The molecule has 0 aliphatic heterocycles. The van der Waals surface area contributed by atoms with E-state index in [4.69, 9.17) is 14.6 Å². The van der Waals surface area contributed by atoms with E-state index in [1.807, 2.05) is 0 Å². The number of hydrogen-bond donors (Lipinski definition) is 3. The quantitative estimate of drug-likeness (QED) is 0.639. The first-order valence-corrected chi connectivity index (χ1v) is 4.93. The highest BCUT2D eigenvalue weighted by atomic mass is 16.4. The summed E-state index contributed by atoms with van der Waals surface area (Å²) in [6.45, 7) is 1.29. The molecule has 0 saturated heterocycles. The third-order valence-corrected chi connectivity index (χ3v) is 1.99. The second-order valence-electron chi connectivity index (χ2n) is 3.41. The maximum absolute atomic E-state index is 11.3. The molecular formula is C11H13NO5. The Balaban J connectivity index is 2.56. The van der Waals surface area contributed by atoms with Crippen molar-refractivity contribution in [1.29, 1.82) is 0 Å². The molecule has 3 N–H and O–H groups in total. The van der Waals surface area contributed by atoms with E-state index in [0.29, 0.717) is 5.76 Å². The number of carbonyl (C=O) groups excluding carboxylic acids is 1. The zero-order valence-electron chi connectivity index (χ0n) is 9.16. The number of nitrogens with one attached hydrogen (secondary N) is 1. The zero-order valence-corrected chi connectivity index (χ0v) is 9.16. The van der Waals surface area contributed by atoms with Crippen LogP contribution in [0.3, 0.4) is 0 Å². The van der Waals surface area contributed by atoms with Crippen LogP contribution in [-0.2, 0) is 9.59 Å². The van der Waals surface area contributed by atoms with Crippen LogP contribution >= 0.6 is 0 Å². The van der Waals surface area contributed by atoms with Gasteiger partial charge in [0, 0.05) is 6.08 Å². The van der Waals surface area contributed by atoms with Crippen LogP contribution in [0.25, 0.3) is 6.08 Å². The van der Waals surface area contributed by atoms with Gasteiger partial charge in [0.1, 0.15) is 5.76 Å². The first-order valence-electron chi connectivity index (χ1n) is 4.93. The lowest BCUT2D eigenvalue weighted by atomic mass is 10.2. The van der Waals surface area contributed by atoms with Crippen molar-refractivity contribution >= 4 is 18.0 Å². The van der Waals surface area contributed by atoms with Crippen LogP contribution in [0.15, 0.2) is 28.9 Å². The molecule has 1 amide bonds. The van der Waals surface area contributed by atoms with Crippen molar-refractivity contribution < 1.29 is 24.2 Å². The second-order valence-corrected chi connectivity index (χ2v) is 3.41. The van der Waals surface area contributed by atoms with E-state index in [0.717, 1.165) is 6.08 Å². The summed E-state index contributed by atoms with van der Waals surface area (Å²) in [6.07, 6.45) is 2.81. The smallest absolute Gasteiger partial charge is 0.328 e. The number of rotatable bonds is 5. The minimum absolute atomic E-state index is 0.476. The highest BCUT2D eigenvalue weighted by molar-refractivity contribution is 5.94. The molecule has 0 aliphatic rings. The average molecular weight is 239 g/mol. The summed E-state index contributed by atoms with van der Waals surface area (Å²) in [6, 6.07) is 1.98. The first-order chi connectivity index (χ1) is 8.00. The van der Waals surface area contributed by atoms with Gasteiger partial charge in [0.15, 0.2) is 6.04 Å². The van der Waals surface area contributed by atoms with Gasteiger partial charge in [0.05, 0.1) is 12.4 Å². The molecule has 6 nitrogen and oxygen atoms in total. The lowest BCUT2D eigenvalue weighted by molar-refractivity contribution is -0.144. The molecule has 0 bridgehead atoms. The van der Waals surface area contributed by atoms with Crippen molar-refractivity contribution in [3.8, 4) is 0 Å². The van der Waals surface area contributed by atoms with Crippen molar-refractivity contribution in [3.63, 3.8) is 0 Å². The summed E-state index contributed by atoms with van der Waals surface area (Å²) in [5.74, 6) is -1.43. The summed E-state index contributed by atoms with van der Waals surface area (Å²) in [5.41, 5.74) is 0. The molecule has 6 heteroatoms. The maximum atomic E-state index is 11.3. The number of carbonyl (C=O) groups is 2. The largest absolute Gasteiger partial charge is 0.480 e. The molecule has 0 aromatic carbocycles. The molecule has 0 radical (unpaired) electrons. The van der Waals surface area contributed by atoms with Gasteiger partial charge in [-0.3, -0.25) is 4.79 Å². The van der Waals surface area contributed by atoms with Gasteiger partial charge in [-0.2, -0.15) is 0 Å². The van der Waals surface area contributed by atoms with E-state index in [1.165, 1.54) is 19.3 Å². The normalized spacial score (nSPS) is 14.5. The number of amides is 1. The van der Waals surface area contributed by atoms with Gasteiger partial charge in [-0.05, 0) is 25.1 Å². The average Bonchev–Trinajstić information content (AvgIpc) is 2.74. The second kappa shape index (κ2) is 5.86. The van der Waals surface area contributed by atoms with Crippen LogP contribution in [0.5, 0.6) is 0 Å². The highest BCUT2D eigenvalue weighted by Gasteiger charge is 2.23. The first kappa shape index (κ1) is 13.0. The molecule has 0 saturated carbocycles. The summed E-state index contributed by atoms with van der Waals surface area (Å²) in [7, 11) is 0. The van der Waals surface area contributed by atoms with E-state index in [9.17, 15) is 9.59 Å². The zero-order chi connectivity index (χ0) is 12.8. The van der Waals surface area contributed by atoms with Crippen LogP contribution in [-0.4, -0.2) is 34.2 Å². The van der Waals surface area contributed by atoms with Crippen LogP contribution in [0.4, 0.5) is 0 Å². The molecule has 0 aliphatic carbocycles. The number of carboxylic acids is 1. The minimum Gasteiger partial charge on any atom is -0.480 e. The molecule has 2 unspecified atom stereocenters. The van der Waals surface area contributed by atoms with Crippen molar-refractivity contribution in [2.75, 3.05) is 0 Å². The van der Waals surface area contributed by atoms with Gasteiger partial charge >= 0.3 is 5.97 Å². The van der Waals surface area contributed by atoms with Crippen molar-refractivity contribution in [2.24, 2.45) is 0 Å². The number of carboxylic acid groups (broad SMARTS) is 1. The van der Waals surface area contributed by atoms with Gasteiger partial charge < -0.3 is 19.9 Å². The number of hydrogen-bond acceptors (Lipinski definition) is 4. The Morgan fingerprint density at radius 2 is 2.24 bits per heavy atom. The Bertz CT molecular complexity index is 408. The van der Waals surface area contributed by atoms with Crippen molar-refractivity contribution in [2.45, 2.75) is 19.1 Å². The van der Waals surface area contributed by atoms with Crippen LogP contribution < -0.4 is 5.32 Å². The summed E-state index contributed by atoms with van der Waals surface area (Å²) >= 11 is 0. The predicted molar refractivity (Wildman–Crippen MR) is 59.0 cm³/mol. The van der Waals surface area contributed by atoms with Crippen molar-refractivity contribution in [1.82, 2.24) is 5.32 Å². The maximum Gasteiger partial charge on any atom is 0.328 e.